The van der Waals surface area contributed by atoms with E-state index in [2.05, 4.69) is 170 Å². The number of fused-ring (bicyclic) bond motifs is 2. The van der Waals surface area contributed by atoms with Gasteiger partial charge in [0.2, 0.25) is 5.43 Å². The largest absolute Gasteiger partial charge is 1.00 e. The maximum Gasteiger partial charge on any atom is 1.00 e. The summed E-state index contributed by atoms with van der Waals surface area (Å²) in [7, 11) is 0. The quantitative estimate of drug-likeness (QED) is 0.169. The predicted octanol–water partition coefficient (Wildman–Crippen LogP) is 0.454. The van der Waals surface area contributed by atoms with E-state index in [1.165, 1.54) is 6.07 Å². The molecule has 0 unspecified atom stereocenters. The normalized spacial score (nSPS) is 7.38. The Labute approximate surface area is 402 Å². The minimum Gasteiger partial charge on any atom is -1.00 e. The summed E-state index contributed by atoms with van der Waals surface area (Å²) in [5, 5.41) is 22.6. The number of carboxylic acids is 1. The molecule has 0 spiro atoms. The average Bonchev–Trinajstić information content (AvgIpc) is 3.09. The van der Waals surface area contributed by atoms with Crippen LogP contribution in [0.5, 0.6) is 5.75 Å². The van der Waals surface area contributed by atoms with Crippen LogP contribution in [-0.4, -0.2) is 25.0 Å². The zero-order valence-corrected chi connectivity index (χ0v) is 39.2. The van der Waals surface area contributed by atoms with Crippen molar-refractivity contribution >= 4 is 89.1 Å². The smallest absolute Gasteiger partial charge is 1.00 e. The Balaban J connectivity index is -0.000000291. The number of carboxylic acid groups (broad SMARTS) is 1. The van der Waals surface area contributed by atoms with E-state index in [1.54, 1.807) is 44.2 Å². The Hall–Kier alpha value is -3.66. The topological polar surface area (TPSA) is 157 Å². The Kier molecular flexibility index (Phi) is 32.2. The Bertz CT molecular complexity index is 2590. The van der Waals surface area contributed by atoms with E-state index in [-0.39, 0.29) is 130 Å². The van der Waals surface area contributed by atoms with Crippen LogP contribution >= 0.6 is 63.7 Å². The number of carbonyl (C=O) groups excluding carboxylic acids is 1. The first-order chi connectivity index (χ1) is 23.6. The van der Waals surface area contributed by atoms with Crippen LogP contribution in [0.2, 0.25) is 0 Å². The molecule has 0 atom stereocenters. The minimum atomic E-state index is -1.34. The van der Waals surface area contributed by atoms with Gasteiger partial charge in [-0.25, -0.2) is 0 Å². The number of hydrogen-bond donors (Lipinski definition) is 2. The molecule has 7 nitrogen and oxygen atoms in total. The van der Waals surface area contributed by atoms with Crippen molar-refractivity contribution in [3.63, 3.8) is 0 Å². The van der Waals surface area contributed by atoms with Crippen LogP contribution in [0, 0.1) is 107 Å². The Morgan fingerprint density at radius 1 is 0.709 bits per heavy atom. The molecular weight excluding hydrogens is 979 g/mol. The van der Waals surface area contributed by atoms with E-state index >= 15 is 0 Å². The maximum atomic E-state index is 12.4. The van der Waals surface area contributed by atoms with E-state index in [9.17, 15) is 19.8 Å². The van der Waals surface area contributed by atoms with Crippen molar-refractivity contribution in [1.82, 2.24) is 6.15 Å². The van der Waals surface area contributed by atoms with Crippen LogP contribution < -0.4 is 75.8 Å². The van der Waals surface area contributed by atoms with Crippen LogP contribution in [0.25, 0.3) is 33.4 Å². The predicted molar refractivity (Wildman–Crippen MR) is 225 cm³/mol. The average molecular weight is 1000 g/mol. The number of phenols is 1. The number of aromatic carboxylic acids is 1. The van der Waals surface area contributed by atoms with Crippen molar-refractivity contribution in [2.75, 3.05) is 0 Å². The third-order valence-electron chi connectivity index (χ3n) is 5.63. The van der Waals surface area contributed by atoms with E-state index in [0.717, 1.165) is 0 Å². The second-order valence-electron chi connectivity index (χ2n) is 8.59. The number of halogens is 4. The van der Waals surface area contributed by atoms with Gasteiger partial charge in [-0.3, -0.25) is 4.79 Å². The molecule has 0 bridgehead atoms. The second kappa shape index (κ2) is 30.6. The Morgan fingerprint density at radius 2 is 1.13 bits per heavy atom. The molecule has 6 N–H and O–H groups in total. The summed E-state index contributed by atoms with van der Waals surface area (Å²) >= 11 is 13.2. The zero-order chi connectivity index (χ0) is 35.8. The summed E-state index contributed by atoms with van der Waals surface area (Å²) in [4.78, 5) is 24.2. The van der Waals surface area contributed by atoms with E-state index < -0.39 is 5.97 Å². The van der Waals surface area contributed by atoms with Gasteiger partial charge in [0, 0.05) is 30.5 Å². The fourth-order valence-corrected chi connectivity index (χ4v) is 6.13. The van der Waals surface area contributed by atoms with Gasteiger partial charge in [0.1, 0.15) is 14.7 Å². The molecule has 1 aliphatic carbocycles. The molecule has 0 amide bonds. The van der Waals surface area contributed by atoms with Gasteiger partial charge in [0.05, 0.1) is 14.9 Å². The van der Waals surface area contributed by atoms with Crippen molar-refractivity contribution in [3.8, 4) is 135 Å². The van der Waals surface area contributed by atoms with Gasteiger partial charge >= 0.3 is 59.1 Å². The molecule has 0 saturated heterocycles. The van der Waals surface area contributed by atoms with Crippen molar-refractivity contribution in [1.29, 1.82) is 0 Å². The summed E-state index contributed by atoms with van der Waals surface area (Å²) in [5.41, 5.74) is 1.33. The van der Waals surface area contributed by atoms with Crippen molar-refractivity contribution in [3.05, 3.63) is 70.1 Å². The SMILES string of the molecule is C.CC#CC#CC#CC#CC#CC#CC#CC#CC#CC.N.O.O=C([O-])c1ccccc1-c1c2cc(Br)c(=O)c(Br)c-2oc2c(Br)c(O)c(Br)cc12.[B].[H-].[Na+].[Na+]. The molecule has 261 valence electrons. The fourth-order valence-electron chi connectivity index (χ4n) is 3.73. The maximum absolute atomic E-state index is 12.4. The van der Waals surface area contributed by atoms with Crippen molar-refractivity contribution < 1.29 is 85.4 Å². The van der Waals surface area contributed by atoms with Gasteiger partial charge in [-0.1, -0.05) is 43.5 Å². The van der Waals surface area contributed by atoms with Crippen LogP contribution in [0.1, 0.15) is 33.1 Å². The number of hydrogen-bond acceptors (Lipinski definition) is 6. The molecule has 2 aliphatic rings. The first kappa shape index (κ1) is 58.1. The van der Waals surface area contributed by atoms with Gasteiger partial charge in [0.15, 0.2) is 11.3 Å². The second-order valence-corrected chi connectivity index (χ2v) is 11.9. The molecule has 2 aromatic rings. The van der Waals surface area contributed by atoms with Gasteiger partial charge in [-0.05, 0) is 190 Å². The standard InChI is InChI=1S/C20H8Br4O5.C20H6.CH4.B.H3N.2Na.H2O.H/c21-11-5-9-13(7-3-1-2-4-8(7)20(27)28)10-6-12(22)17(26)15(24)19(10)29-18(9)14(23)16(11)25;1-3-5-7-9-11-13-15-17-19-20-18-16-14-12-10-8-6-4-2;;;;;;;/h1-6,25H,(H,27,28);1-2H3;1H4;;1H3;;;1H2;/q;;;;;2*+1;;-1/p-1. The third kappa shape index (κ3) is 16.5. The van der Waals surface area contributed by atoms with Crippen LogP contribution in [0.15, 0.2) is 63.5 Å². The summed E-state index contributed by atoms with van der Waals surface area (Å²) in [6.07, 6.45) is 0. The van der Waals surface area contributed by atoms with Crippen molar-refractivity contribution in [2.24, 2.45) is 0 Å². The summed E-state index contributed by atoms with van der Waals surface area (Å²) < 4.78 is 7.09. The summed E-state index contributed by atoms with van der Waals surface area (Å²) in [6.45, 7) is 3.41. The van der Waals surface area contributed by atoms with Crippen LogP contribution in [0.4, 0.5) is 0 Å². The van der Waals surface area contributed by atoms with E-state index in [0.29, 0.717) is 26.5 Å². The first-order valence-electron chi connectivity index (χ1n) is 13.2. The monoisotopic (exact) mass is 998 g/mol. The molecule has 55 heavy (non-hydrogen) atoms. The Morgan fingerprint density at radius 3 is 1.55 bits per heavy atom. The summed E-state index contributed by atoms with van der Waals surface area (Å²) in [6, 6.07) is 9.63. The van der Waals surface area contributed by atoms with Gasteiger partial charge < -0.3 is 32.5 Å². The molecule has 14 heteroatoms. The first-order valence-corrected chi connectivity index (χ1v) is 16.4. The van der Waals surface area contributed by atoms with Crippen LogP contribution in [0.3, 0.4) is 0 Å². The zero-order valence-electron chi connectivity index (χ0n) is 29.8. The molecule has 0 saturated carbocycles. The van der Waals surface area contributed by atoms with E-state index in [1.807, 2.05) is 0 Å². The van der Waals surface area contributed by atoms with Gasteiger partial charge in [0.25, 0.3) is 0 Å². The van der Waals surface area contributed by atoms with Gasteiger partial charge in [-0.2, -0.15) is 0 Å². The number of carbonyl (C=O) groups is 1. The molecular formula is C41H23BBr4NNa2O6. The molecule has 1 heterocycles. The van der Waals surface area contributed by atoms with Crippen LogP contribution in [-0.2, 0) is 0 Å². The number of rotatable bonds is 2. The number of aromatic hydroxyl groups is 1. The summed E-state index contributed by atoms with van der Waals surface area (Å²) in [5.74, 6) is 44.4. The molecule has 0 aromatic heterocycles. The fraction of sp³-hybridized carbons (Fsp3) is 0.0732. The molecule has 0 fully saturated rings. The van der Waals surface area contributed by atoms with Crippen molar-refractivity contribution in [2.45, 2.75) is 21.3 Å². The number of phenolic OH excluding ortho intramolecular Hbond substituents is 1. The molecule has 2 aromatic carbocycles. The minimum absolute atomic E-state index is 0. The molecule has 3 radical (unpaired) electrons. The van der Waals surface area contributed by atoms with Gasteiger partial charge in [-0.15, -0.1) is 0 Å². The third-order valence-corrected chi connectivity index (χ3v) is 8.28. The molecule has 1 aliphatic heterocycles. The molecule has 4 rings (SSSR count). The number of benzene rings is 3. The van der Waals surface area contributed by atoms with E-state index in [4.69, 9.17) is 4.42 Å².